The second kappa shape index (κ2) is 11.4. The van der Waals surface area contributed by atoms with Gasteiger partial charge >= 0.3 is 0 Å². The predicted octanol–water partition coefficient (Wildman–Crippen LogP) is 7.62. The fraction of sp³-hybridized carbons (Fsp3) is 0.346. The molecule has 2 aliphatic rings. The minimum absolute atomic E-state index is 0.385. The monoisotopic (exact) mass is 458 g/mol. The van der Waals surface area contributed by atoms with Gasteiger partial charge in [-0.2, -0.15) is 0 Å². The number of hydrogen-bond acceptors (Lipinski definition) is 3. The summed E-state index contributed by atoms with van der Waals surface area (Å²) in [6.07, 6.45) is 9.41. The van der Waals surface area contributed by atoms with Gasteiger partial charge in [0.1, 0.15) is 11.5 Å². The van der Waals surface area contributed by atoms with Gasteiger partial charge in [0.05, 0.1) is 25.0 Å². The molecule has 2 aromatic carbocycles. The van der Waals surface area contributed by atoms with Crippen LogP contribution in [0.1, 0.15) is 55.6 Å². The van der Waals surface area contributed by atoms with E-state index in [9.17, 15) is 4.79 Å². The lowest BCUT2D eigenvalue weighted by Crippen LogP contribution is -2.12. The van der Waals surface area contributed by atoms with Crippen molar-refractivity contribution < 1.29 is 14.3 Å². The predicted molar refractivity (Wildman–Crippen MR) is 128 cm³/mol. The Morgan fingerprint density at radius 2 is 1.65 bits per heavy atom. The van der Waals surface area contributed by atoms with Gasteiger partial charge < -0.3 is 9.47 Å². The van der Waals surface area contributed by atoms with Gasteiger partial charge in [-0.25, -0.2) is 0 Å². The van der Waals surface area contributed by atoms with Gasteiger partial charge in [-0.3, -0.25) is 4.79 Å². The van der Waals surface area contributed by atoms with Crippen LogP contribution in [0.25, 0.3) is 5.57 Å². The molecule has 0 saturated heterocycles. The Bertz CT molecular complexity index is 968. The average molecular weight is 459 g/mol. The summed E-state index contributed by atoms with van der Waals surface area (Å²) in [7, 11) is 3.32. The topological polar surface area (TPSA) is 35.5 Å². The first-order chi connectivity index (χ1) is 15.0. The van der Waals surface area contributed by atoms with Gasteiger partial charge in [0.25, 0.3) is 0 Å². The molecule has 0 N–H and O–H groups in total. The highest BCUT2D eigenvalue weighted by Gasteiger charge is 2.20. The average Bonchev–Trinajstić information content (AvgIpc) is 2.80. The highest BCUT2D eigenvalue weighted by atomic mass is 35.5. The molecule has 1 saturated carbocycles. The van der Waals surface area contributed by atoms with E-state index >= 15 is 0 Å². The molecule has 3 nitrogen and oxygen atoms in total. The highest BCUT2D eigenvalue weighted by Crippen LogP contribution is 2.35. The molecule has 0 amide bonds. The smallest absolute Gasteiger partial charge is 0.137 e. The molecule has 0 bridgehead atoms. The molecule has 5 heteroatoms. The lowest BCUT2D eigenvalue weighted by molar-refractivity contribution is -0.120. The SMILES string of the molecule is COC1=CC=C(c2cccc(Cl)c2)CC1.COc1ccc(C2CCC(=O)CC2)cc1Cl. The molecule has 31 heavy (non-hydrogen) atoms. The zero-order valence-corrected chi connectivity index (χ0v) is 19.5. The minimum Gasteiger partial charge on any atom is -0.501 e. The van der Waals surface area contributed by atoms with Crippen molar-refractivity contribution in [2.24, 2.45) is 0 Å². The maximum absolute atomic E-state index is 11.2. The van der Waals surface area contributed by atoms with Crippen LogP contribution < -0.4 is 4.74 Å². The summed E-state index contributed by atoms with van der Waals surface area (Å²) in [4.78, 5) is 11.2. The van der Waals surface area contributed by atoms with Gasteiger partial charge in [0.2, 0.25) is 0 Å². The molecule has 2 aliphatic carbocycles. The first-order valence-electron chi connectivity index (χ1n) is 10.5. The molecule has 0 aliphatic heterocycles. The minimum atomic E-state index is 0.385. The zero-order chi connectivity index (χ0) is 22.2. The third-order valence-electron chi connectivity index (χ3n) is 5.76. The standard InChI is InChI=1S/C13H15ClO2.C13H13ClO/c1-16-13-7-4-10(8-12(13)14)9-2-5-11(15)6-3-9;1-15-13-7-5-10(6-8-13)11-3-2-4-12(14)9-11/h4,7-9H,2-3,5-6H2,1H3;2-5,7,9H,6,8H2,1H3. The van der Waals surface area contributed by atoms with Gasteiger partial charge in [0, 0.05) is 24.3 Å². The number of ether oxygens (including phenoxy) is 2. The molecule has 0 radical (unpaired) electrons. The number of methoxy groups -OCH3 is 2. The second-order valence-electron chi connectivity index (χ2n) is 7.75. The van der Waals surface area contributed by atoms with Crippen molar-refractivity contribution in [1.29, 1.82) is 0 Å². The van der Waals surface area contributed by atoms with Crippen LogP contribution in [0, 0.1) is 0 Å². The zero-order valence-electron chi connectivity index (χ0n) is 18.0. The number of rotatable bonds is 4. The number of benzene rings is 2. The first kappa shape index (κ1) is 23.4. The van der Waals surface area contributed by atoms with E-state index in [0.29, 0.717) is 35.3 Å². The van der Waals surface area contributed by atoms with Crippen LogP contribution in [-0.4, -0.2) is 20.0 Å². The number of carbonyl (C=O) groups is 1. The molecule has 0 unspecified atom stereocenters. The first-order valence-corrected chi connectivity index (χ1v) is 11.3. The van der Waals surface area contributed by atoms with Crippen LogP contribution in [0.15, 0.2) is 60.4 Å². The molecular weight excluding hydrogens is 431 g/mol. The third kappa shape index (κ3) is 6.62. The Hall–Kier alpha value is -2.23. The van der Waals surface area contributed by atoms with Gasteiger partial charge in [-0.05, 0) is 72.2 Å². The van der Waals surface area contributed by atoms with E-state index in [0.717, 1.165) is 36.5 Å². The molecular formula is C26H28Cl2O3. The summed E-state index contributed by atoms with van der Waals surface area (Å²) in [6.45, 7) is 0. The Kier molecular flexibility index (Phi) is 8.62. The van der Waals surface area contributed by atoms with E-state index < -0.39 is 0 Å². The van der Waals surface area contributed by atoms with Gasteiger partial charge in [0.15, 0.2) is 0 Å². The lowest BCUT2D eigenvalue weighted by atomic mass is 9.83. The highest BCUT2D eigenvalue weighted by molar-refractivity contribution is 6.32. The van der Waals surface area contributed by atoms with Gasteiger partial charge in [-0.15, -0.1) is 0 Å². The van der Waals surface area contributed by atoms with E-state index in [-0.39, 0.29) is 0 Å². The molecule has 4 rings (SSSR count). The van der Waals surface area contributed by atoms with Crippen LogP contribution in [0.3, 0.4) is 0 Å². The summed E-state index contributed by atoms with van der Waals surface area (Å²) in [6, 6.07) is 13.9. The van der Waals surface area contributed by atoms with E-state index in [2.05, 4.69) is 12.1 Å². The number of Topliss-reactive ketones (excluding diaryl/α,β-unsaturated/α-hetero) is 1. The Labute approximate surface area is 194 Å². The molecule has 0 spiro atoms. The Morgan fingerprint density at radius 1 is 0.871 bits per heavy atom. The molecule has 164 valence electrons. The van der Waals surface area contributed by atoms with Crippen molar-refractivity contribution in [3.05, 3.63) is 81.5 Å². The maximum Gasteiger partial charge on any atom is 0.137 e. The van der Waals surface area contributed by atoms with Crippen molar-refractivity contribution >= 4 is 34.6 Å². The van der Waals surface area contributed by atoms with E-state index in [1.165, 1.54) is 16.7 Å². The quantitative estimate of drug-likeness (QED) is 0.472. The van der Waals surface area contributed by atoms with Gasteiger partial charge in [-0.1, -0.05) is 47.5 Å². The van der Waals surface area contributed by atoms with Crippen LogP contribution in [0.4, 0.5) is 0 Å². The molecule has 0 heterocycles. The van der Waals surface area contributed by atoms with Crippen molar-refractivity contribution in [2.45, 2.75) is 44.4 Å². The van der Waals surface area contributed by atoms with Crippen molar-refractivity contribution in [3.8, 4) is 5.75 Å². The summed E-state index contributed by atoms with van der Waals surface area (Å²) in [5.41, 5.74) is 3.74. The summed E-state index contributed by atoms with van der Waals surface area (Å²) in [5.74, 6) is 2.61. The fourth-order valence-corrected chi connectivity index (χ4v) is 4.38. The van der Waals surface area contributed by atoms with Crippen molar-refractivity contribution in [2.75, 3.05) is 14.2 Å². The second-order valence-corrected chi connectivity index (χ2v) is 8.59. The lowest BCUT2D eigenvalue weighted by Gasteiger charge is -2.21. The Morgan fingerprint density at radius 3 is 2.23 bits per heavy atom. The number of allylic oxidation sites excluding steroid dienone is 4. The maximum atomic E-state index is 11.2. The van der Waals surface area contributed by atoms with E-state index in [1.807, 2.05) is 42.5 Å². The van der Waals surface area contributed by atoms with Crippen LogP contribution in [-0.2, 0) is 9.53 Å². The van der Waals surface area contributed by atoms with E-state index in [4.69, 9.17) is 32.7 Å². The fourth-order valence-electron chi connectivity index (χ4n) is 3.93. The summed E-state index contributed by atoms with van der Waals surface area (Å²) < 4.78 is 10.3. The van der Waals surface area contributed by atoms with E-state index in [1.54, 1.807) is 14.2 Å². The van der Waals surface area contributed by atoms with Crippen LogP contribution in [0.5, 0.6) is 5.75 Å². The largest absolute Gasteiger partial charge is 0.501 e. The van der Waals surface area contributed by atoms with Crippen molar-refractivity contribution in [1.82, 2.24) is 0 Å². The summed E-state index contributed by atoms with van der Waals surface area (Å²) in [5, 5.41) is 1.44. The number of halogens is 2. The molecule has 1 fully saturated rings. The van der Waals surface area contributed by atoms with Crippen LogP contribution in [0.2, 0.25) is 10.0 Å². The normalized spacial score (nSPS) is 16.6. The number of carbonyl (C=O) groups excluding carboxylic acids is 1. The Balaban J connectivity index is 0.000000176. The third-order valence-corrected chi connectivity index (χ3v) is 6.29. The molecule has 2 aromatic rings. The summed E-state index contributed by atoms with van der Waals surface area (Å²) >= 11 is 12.0. The molecule has 0 aromatic heterocycles. The number of ketones is 1. The van der Waals surface area contributed by atoms with Crippen LogP contribution >= 0.6 is 23.2 Å². The number of hydrogen-bond donors (Lipinski definition) is 0. The van der Waals surface area contributed by atoms with Crippen molar-refractivity contribution in [3.63, 3.8) is 0 Å². The molecule has 0 atom stereocenters.